The Morgan fingerprint density at radius 2 is 1.78 bits per heavy atom. The average molecular weight is 359 g/mol. The number of rotatable bonds is 6. The molecular weight excluding hydrogens is 346 g/mol. The minimum Gasteiger partial charge on any atom is -0.395 e. The van der Waals surface area contributed by atoms with Gasteiger partial charge in [-0.25, -0.2) is 8.42 Å². The van der Waals surface area contributed by atoms with Crippen LogP contribution in [0.1, 0.15) is 0 Å². The Labute approximate surface area is 119 Å². The molecule has 0 aliphatic carbocycles. The number of nitrogens with zero attached hydrogens (tertiary/aromatic N) is 1. The van der Waals surface area contributed by atoms with Crippen molar-refractivity contribution in [2.45, 2.75) is 4.90 Å². The Hall–Kier alpha value is -0.180. The Balaban J connectivity index is 3.13. The molecule has 18 heavy (non-hydrogen) atoms. The highest BCUT2D eigenvalue weighted by molar-refractivity contribution is 9.10. The molecule has 1 aromatic carbocycles. The van der Waals surface area contributed by atoms with E-state index < -0.39 is 10.0 Å². The van der Waals surface area contributed by atoms with Crippen LogP contribution in [-0.4, -0.2) is 49.2 Å². The lowest BCUT2D eigenvalue weighted by molar-refractivity contribution is 0.217. The van der Waals surface area contributed by atoms with Crippen molar-refractivity contribution in [3.8, 4) is 0 Å². The Morgan fingerprint density at radius 1 is 1.22 bits per heavy atom. The van der Waals surface area contributed by atoms with Crippen molar-refractivity contribution < 1.29 is 18.6 Å². The maximum Gasteiger partial charge on any atom is 0.243 e. The predicted molar refractivity (Wildman–Crippen MR) is 72.1 cm³/mol. The minimum atomic E-state index is -3.74. The van der Waals surface area contributed by atoms with Crippen molar-refractivity contribution in [3.05, 3.63) is 27.7 Å². The third-order valence-corrected chi connectivity index (χ3v) is 5.34. The molecule has 0 atom stereocenters. The van der Waals surface area contributed by atoms with Crippen LogP contribution in [0.5, 0.6) is 0 Å². The second-order valence-electron chi connectivity index (χ2n) is 3.43. The third-order valence-electron chi connectivity index (χ3n) is 2.23. The van der Waals surface area contributed by atoms with Gasteiger partial charge in [-0.15, -0.1) is 0 Å². The number of aliphatic hydroxyl groups excluding tert-OH is 2. The van der Waals surface area contributed by atoms with Crippen LogP contribution in [-0.2, 0) is 10.0 Å². The lowest BCUT2D eigenvalue weighted by Gasteiger charge is -2.20. The summed E-state index contributed by atoms with van der Waals surface area (Å²) in [4.78, 5) is 0.0562. The maximum atomic E-state index is 12.2. The van der Waals surface area contributed by atoms with Gasteiger partial charge >= 0.3 is 0 Å². The van der Waals surface area contributed by atoms with Gasteiger partial charge in [0.25, 0.3) is 0 Å². The fourth-order valence-corrected chi connectivity index (χ4v) is 3.46. The predicted octanol–water partition coefficient (Wildman–Crippen LogP) is 1.08. The average Bonchev–Trinajstić information content (AvgIpc) is 2.32. The first-order chi connectivity index (χ1) is 8.43. The zero-order valence-electron chi connectivity index (χ0n) is 9.38. The molecule has 0 amide bonds. The molecule has 5 nitrogen and oxygen atoms in total. The summed E-state index contributed by atoms with van der Waals surface area (Å²) in [5.74, 6) is 0. The lowest BCUT2D eigenvalue weighted by atomic mass is 10.4. The smallest absolute Gasteiger partial charge is 0.243 e. The molecule has 0 aromatic heterocycles. The van der Waals surface area contributed by atoms with Crippen molar-refractivity contribution in [1.29, 1.82) is 0 Å². The van der Waals surface area contributed by atoms with E-state index in [0.29, 0.717) is 9.50 Å². The van der Waals surface area contributed by atoms with Crippen LogP contribution in [0.4, 0.5) is 0 Å². The first-order valence-corrected chi connectivity index (χ1v) is 7.71. The SMILES string of the molecule is O=S(=O)(c1ccc(Cl)c(Br)c1)N(CCO)CCO. The zero-order valence-corrected chi connectivity index (χ0v) is 12.5. The van der Waals surface area contributed by atoms with Crippen LogP contribution in [0.25, 0.3) is 0 Å². The number of halogens is 2. The van der Waals surface area contributed by atoms with Gasteiger partial charge in [0.1, 0.15) is 0 Å². The summed E-state index contributed by atoms with van der Waals surface area (Å²) >= 11 is 8.95. The summed E-state index contributed by atoms with van der Waals surface area (Å²) in [6.45, 7) is -0.756. The van der Waals surface area contributed by atoms with Gasteiger partial charge in [-0.05, 0) is 34.1 Å². The summed E-state index contributed by atoms with van der Waals surface area (Å²) in [6.07, 6.45) is 0. The molecule has 0 aliphatic rings. The van der Waals surface area contributed by atoms with Crippen LogP contribution in [0.3, 0.4) is 0 Å². The molecule has 1 aromatic rings. The molecule has 0 heterocycles. The monoisotopic (exact) mass is 357 g/mol. The summed E-state index contributed by atoms with van der Waals surface area (Å²) in [6, 6.07) is 4.23. The quantitative estimate of drug-likeness (QED) is 0.797. The van der Waals surface area contributed by atoms with Crippen molar-refractivity contribution in [2.24, 2.45) is 0 Å². The van der Waals surface area contributed by atoms with Crippen molar-refractivity contribution >= 4 is 37.6 Å². The lowest BCUT2D eigenvalue weighted by Crippen LogP contribution is -2.35. The minimum absolute atomic E-state index is 0.0562. The van der Waals surface area contributed by atoms with Gasteiger partial charge in [-0.1, -0.05) is 11.6 Å². The van der Waals surface area contributed by atoms with E-state index in [1.807, 2.05) is 0 Å². The van der Waals surface area contributed by atoms with E-state index in [-0.39, 0.29) is 31.2 Å². The highest BCUT2D eigenvalue weighted by Crippen LogP contribution is 2.26. The molecular formula is C10H13BrClNO4S. The van der Waals surface area contributed by atoms with E-state index in [1.54, 1.807) is 0 Å². The van der Waals surface area contributed by atoms with Gasteiger partial charge in [-0.2, -0.15) is 4.31 Å². The van der Waals surface area contributed by atoms with Crippen molar-refractivity contribution in [3.63, 3.8) is 0 Å². The number of hydrogen-bond donors (Lipinski definition) is 2. The van der Waals surface area contributed by atoms with Gasteiger partial charge in [-0.3, -0.25) is 0 Å². The summed E-state index contributed by atoms with van der Waals surface area (Å²) in [5.41, 5.74) is 0. The topological polar surface area (TPSA) is 77.8 Å². The third kappa shape index (κ3) is 3.66. The zero-order chi connectivity index (χ0) is 13.8. The molecule has 0 saturated heterocycles. The molecule has 0 aliphatic heterocycles. The summed E-state index contributed by atoms with van der Waals surface area (Å²) in [7, 11) is -3.74. The number of benzene rings is 1. The van der Waals surface area contributed by atoms with Gasteiger partial charge in [0.2, 0.25) is 10.0 Å². The van der Waals surface area contributed by atoms with Crippen molar-refractivity contribution in [1.82, 2.24) is 4.31 Å². The number of hydrogen-bond acceptors (Lipinski definition) is 4. The van der Waals surface area contributed by atoms with Gasteiger partial charge in [0.15, 0.2) is 0 Å². The molecule has 2 N–H and O–H groups in total. The molecule has 0 saturated carbocycles. The van der Waals surface area contributed by atoms with Crippen LogP contribution in [0.15, 0.2) is 27.6 Å². The Morgan fingerprint density at radius 3 is 2.22 bits per heavy atom. The van der Waals surface area contributed by atoms with E-state index in [2.05, 4.69) is 15.9 Å². The molecule has 0 fully saturated rings. The molecule has 0 radical (unpaired) electrons. The molecule has 0 unspecified atom stereocenters. The van der Waals surface area contributed by atoms with E-state index in [4.69, 9.17) is 21.8 Å². The van der Waals surface area contributed by atoms with Crippen LogP contribution < -0.4 is 0 Å². The van der Waals surface area contributed by atoms with Crippen LogP contribution in [0, 0.1) is 0 Å². The maximum absolute atomic E-state index is 12.2. The highest BCUT2D eigenvalue weighted by atomic mass is 79.9. The van der Waals surface area contributed by atoms with Gasteiger partial charge in [0, 0.05) is 17.6 Å². The molecule has 8 heteroatoms. The van der Waals surface area contributed by atoms with Gasteiger partial charge < -0.3 is 10.2 Å². The highest BCUT2D eigenvalue weighted by Gasteiger charge is 2.24. The second kappa shape index (κ2) is 6.83. The Kier molecular flexibility index (Phi) is 6.03. The fraction of sp³-hybridized carbons (Fsp3) is 0.400. The van der Waals surface area contributed by atoms with E-state index in [0.717, 1.165) is 4.31 Å². The summed E-state index contributed by atoms with van der Waals surface area (Å²) < 4.78 is 25.9. The van der Waals surface area contributed by atoms with Crippen molar-refractivity contribution in [2.75, 3.05) is 26.3 Å². The van der Waals surface area contributed by atoms with Gasteiger partial charge in [0.05, 0.1) is 23.1 Å². The first kappa shape index (κ1) is 15.9. The molecule has 0 spiro atoms. The first-order valence-electron chi connectivity index (χ1n) is 5.10. The number of sulfonamides is 1. The molecule has 0 bridgehead atoms. The van der Waals surface area contributed by atoms with Crippen LogP contribution >= 0.6 is 27.5 Å². The standard InChI is InChI=1S/C10H13BrClNO4S/c11-9-7-8(1-2-10(9)12)18(16,17)13(3-5-14)4-6-15/h1-2,7,14-15H,3-6H2. The second-order valence-corrected chi connectivity index (χ2v) is 6.63. The summed E-state index contributed by atoms with van der Waals surface area (Å²) in [5, 5.41) is 18.1. The Bertz CT molecular complexity index is 503. The van der Waals surface area contributed by atoms with Crippen LogP contribution in [0.2, 0.25) is 5.02 Å². The van der Waals surface area contributed by atoms with E-state index in [1.165, 1.54) is 18.2 Å². The fourth-order valence-electron chi connectivity index (χ4n) is 1.36. The molecule has 1 rings (SSSR count). The van der Waals surface area contributed by atoms with E-state index in [9.17, 15) is 8.42 Å². The number of aliphatic hydroxyl groups is 2. The molecule has 102 valence electrons. The van der Waals surface area contributed by atoms with E-state index >= 15 is 0 Å². The largest absolute Gasteiger partial charge is 0.395 e. The normalized spacial score (nSPS) is 12.1.